The van der Waals surface area contributed by atoms with Crippen LogP contribution in [0.5, 0.6) is 23.2 Å². The second-order valence-electron chi connectivity index (χ2n) is 6.52. The smallest absolute Gasteiger partial charge is 0.312 e. The zero-order chi connectivity index (χ0) is 20.1. The molecule has 7 heteroatoms. The third-order valence-electron chi connectivity index (χ3n) is 4.36. The number of hydrogen-bond acceptors (Lipinski definition) is 7. The predicted molar refractivity (Wildman–Crippen MR) is 109 cm³/mol. The van der Waals surface area contributed by atoms with Gasteiger partial charge in [-0.05, 0) is 42.8 Å². The highest BCUT2D eigenvalue weighted by Crippen LogP contribution is 2.34. The average molecular weight is 394 g/mol. The fraction of sp³-hybridized carbons (Fsp3) is 0.273. The molecule has 0 unspecified atom stereocenters. The molecule has 29 heavy (non-hydrogen) atoms. The fourth-order valence-corrected chi connectivity index (χ4v) is 2.81. The van der Waals surface area contributed by atoms with Gasteiger partial charge in [-0.2, -0.15) is 0 Å². The molecule has 150 valence electrons. The normalized spacial score (nSPS) is 13.0. The number of aromatic nitrogens is 1. The quantitative estimate of drug-likeness (QED) is 0.460. The largest absolute Gasteiger partial charge is 0.494 e. The minimum Gasteiger partial charge on any atom is -0.494 e. The van der Waals surface area contributed by atoms with Crippen LogP contribution < -0.4 is 14.2 Å². The Hall–Kier alpha value is -3.48. The number of rotatable bonds is 7. The van der Waals surface area contributed by atoms with E-state index >= 15 is 0 Å². The van der Waals surface area contributed by atoms with Crippen LogP contribution in [0.1, 0.15) is 25.5 Å². The molecular formula is C22H22N2O5. The summed E-state index contributed by atoms with van der Waals surface area (Å²) in [5.74, 6) is 2.16. The van der Waals surface area contributed by atoms with E-state index < -0.39 is 0 Å². The summed E-state index contributed by atoms with van der Waals surface area (Å²) in [5.41, 5.74) is 1.65. The van der Waals surface area contributed by atoms with Crippen LogP contribution in [0, 0.1) is 0 Å². The van der Waals surface area contributed by atoms with Crippen molar-refractivity contribution in [2.45, 2.75) is 19.8 Å². The van der Waals surface area contributed by atoms with Gasteiger partial charge in [-0.1, -0.05) is 13.3 Å². The van der Waals surface area contributed by atoms with E-state index in [9.17, 15) is 5.11 Å². The summed E-state index contributed by atoms with van der Waals surface area (Å²) in [5, 5.41) is 10.1. The lowest BCUT2D eigenvalue weighted by Crippen LogP contribution is -2.14. The second kappa shape index (κ2) is 8.68. The minimum absolute atomic E-state index is 0.248. The maximum Gasteiger partial charge on any atom is 0.312 e. The van der Waals surface area contributed by atoms with Crippen molar-refractivity contribution in [1.29, 1.82) is 0 Å². The Morgan fingerprint density at radius 3 is 2.69 bits per heavy atom. The summed E-state index contributed by atoms with van der Waals surface area (Å²) >= 11 is 0. The molecule has 0 aliphatic carbocycles. The number of nitrogens with zero attached hydrogens (tertiary/aromatic N) is 2. The number of oxazole rings is 1. The minimum atomic E-state index is -0.287. The van der Waals surface area contributed by atoms with E-state index in [0.717, 1.165) is 24.2 Å². The van der Waals surface area contributed by atoms with E-state index in [1.165, 1.54) is 6.21 Å². The van der Waals surface area contributed by atoms with Crippen LogP contribution in [0.15, 0.2) is 51.9 Å². The first-order chi connectivity index (χ1) is 14.2. The molecule has 0 radical (unpaired) electrons. The zero-order valence-electron chi connectivity index (χ0n) is 16.1. The standard InChI is InChI=1S/C22H22N2O5/c1-2-3-10-26-17-7-4-15(5-8-17)21-24-18(22(25)29-21)14-23-16-6-9-19-20(13-16)28-12-11-27-19/h4-9,13-14,25H,2-3,10-12H2,1H3. The number of aromatic hydroxyl groups is 1. The van der Waals surface area contributed by atoms with Crippen LogP contribution in [0.3, 0.4) is 0 Å². The average Bonchev–Trinajstić information content (AvgIpc) is 3.13. The van der Waals surface area contributed by atoms with Crippen molar-refractivity contribution in [2.75, 3.05) is 19.8 Å². The molecular weight excluding hydrogens is 372 g/mol. The van der Waals surface area contributed by atoms with E-state index in [0.29, 0.717) is 42.9 Å². The van der Waals surface area contributed by atoms with E-state index in [2.05, 4.69) is 16.9 Å². The van der Waals surface area contributed by atoms with Gasteiger partial charge in [0.1, 0.15) is 19.0 Å². The number of hydrogen-bond donors (Lipinski definition) is 1. The van der Waals surface area contributed by atoms with Crippen molar-refractivity contribution in [2.24, 2.45) is 4.99 Å². The van der Waals surface area contributed by atoms with Gasteiger partial charge >= 0.3 is 5.95 Å². The molecule has 0 atom stereocenters. The Morgan fingerprint density at radius 2 is 1.90 bits per heavy atom. The molecule has 0 saturated heterocycles. The Bertz CT molecular complexity index is 995. The maximum absolute atomic E-state index is 10.1. The molecule has 0 fully saturated rings. The Balaban J connectivity index is 1.47. The molecule has 0 saturated carbocycles. The van der Waals surface area contributed by atoms with Crippen LogP contribution in [-0.4, -0.2) is 36.1 Å². The molecule has 1 N–H and O–H groups in total. The summed E-state index contributed by atoms with van der Waals surface area (Å²) in [6.07, 6.45) is 3.56. The number of benzene rings is 2. The van der Waals surface area contributed by atoms with Crippen molar-refractivity contribution >= 4 is 11.9 Å². The Kier molecular flexibility index (Phi) is 5.65. The molecule has 2 aromatic carbocycles. The van der Waals surface area contributed by atoms with Gasteiger partial charge in [0, 0.05) is 11.6 Å². The summed E-state index contributed by atoms with van der Waals surface area (Å²) in [6, 6.07) is 12.8. The molecule has 7 nitrogen and oxygen atoms in total. The van der Waals surface area contributed by atoms with Crippen molar-refractivity contribution in [3.63, 3.8) is 0 Å². The predicted octanol–water partition coefficient (Wildman–Crippen LogP) is 4.75. The highest BCUT2D eigenvalue weighted by molar-refractivity contribution is 5.83. The van der Waals surface area contributed by atoms with Gasteiger partial charge in [0.15, 0.2) is 17.2 Å². The van der Waals surface area contributed by atoms with Crippen LogP contribution in [0.4, 0.5) is 5.69 Å². The third kappa shape index (κ3) is 4.51. The number of unbranched alkanes of at least 4 members (excludes halogenated alkanes) is 1. The summed E-state index contributed by atoms with van der Waals surface area (Å²) < 4.78 is 22.1. The molecule has 1 aliphatic rings. The highest BCUT2D eigenvalue weighted by atomic mass is 16.6. The lowest BCUT2D eigenvalue weighted by atomic mass is 10.2. The number of aliphatic imine (C=N–C) groups is 1. The van der Waals surface area contributed by atoms with Gasteiger partial charge in [0.25, 0.3) is 0 Å². The number of fused-ring (bicyclic) bond motifs is 1. The van der Waals surface area contributed by atoms with Crippen molar-refractivity contribution in [3.8, 4) is 34.6 Å². The lowest BCUT2D eigenvalue weighted by Gasteiger charge is -2.18. The van der Waals surface area contributed by atoms with Crippen molar-refractivity contribution in [1.82, 2.24) is 4.98 Å². The topological polar surface area (TPSA) is 86.3 Å². The summed E-state index contributed by atoms with van der Waals surface area (Å²) in [7, 11) is 0. The van der Waals surface area contributed by atoms with Gasteiger partial charge in [-0.3, -0.25) is 4.99 Å². The first-order valence-corrected chi connectivity index (χ1v) is 9.59. The van der Waals surface area contributed by atoms with Gasteiger partial charge < -0.3 is 23.7 Å². The monoisotopic (exact) mass is 394 g/mol. The van der Waals surface area contributed by atoms with Crippen molar-refractivity contribution in [3.05, 3.63) is 48.2 Å². The van der Waals surface area contributed by atoms with Gasteiger partial charge in [-0.15, -0.1) is 0 Å². The van der Waals surface area contributed by atoms with Crippen molar-refractivity contribution < 1.29 is 23.7 Å². The zero-order valence-corrected chi connectivity index (χ0v) is 16.1. The highest BCUT2D eigenvalue weighted by Gasteiger charge is 2.14. The third-order valence-corrected chi connectivity index (χ3v) is 4.36. The molecule has 4 rings (SSSR count). The molecule has 0 spiro atoms. The fourth-order valence-electron chi connectivity index (χ4n) is 2.81. The van der Waals surface area contributed by atoms with E-state index in [1.54, 1.807) is 18.2 Å². The molecule has 0 bridgehead atoms. The van der Waals surface area contributed by atoms with Crippen LogP contribution >= 0.6 is 0 Å². The lowest BCUT2D eigenvalue weighted by molar-refractivity contribution is 0.171. The van der Waals surface area contributed by atoms with Crippen LogP contribution in [-0.2, 0) is 0 Å². The maximum atomic E-state index is 10.1. The van der Waals surface area contributed by atoms with Gasteiger partial charge in [0.2, 0.25) is 5.89 Å². The Labute approximate surface area is 168 Å². The molecule has 0 amide bonds. The van der Waals surface area contributed by atoms with Gasteiger partial charge in [-0.25, -0.2) is 4.98 Å². The molecule has 1 aromatic heterocycles. The van der Waals surface area contributed by atoms with E-state index in [4.69, 9.17) is 18.6 Å². The van der Waals surface area contributed by atoms with E-state index in [-0.39, 0.29) is 11.6 Å². The second-order valence-corrected chi connectivity index (χ2v) is 6.52. The SMILES string of the molecule is CCCCOc1ccc(-c2nc(C=Nc3ccc4c(c3)OCCO4)c(O)o2)cc1. The van der Waals surface area contributed by atoms with Crippen LogP contribution in [0.25, 0.3) is 11.5 Å². The molecule has 3 aromatic rings. The van der Waals surface area contributed by atoms with E-state index in [1.807, 2.05) is 24.3 Å². The van der Waals surface area contributed by atoms with Gasteiger partial charge in [0.05, 0.1) is 18.5 Å². The summed E-state index contributed by atoms with van der Waals surface area (Å²) in [4.78, 5) is 8.67. The number of ether oxygens (including phenoxy) is 3. The first kappa shape index (κ1) is 18.9. The summed E-state index contributed by atoms with van der Waals surface area (Å²) in [6.45, 7) is 3.86. The Morgan fingerprint density at radius 1 is 1.10 bits per heavy atom. The molecule has 1 aliphatic heterocycles. The molecule has 2 heterocycles. The first-order valence-electron chi connectivity index (χ1n) is 9.59. The van der Waals surface area contributed by atoms with Crippen LogP contribution in [0.2, 0.25) is 0 Å².